The Hall–Kier alpha value is -0.780. The minimum absolute atomic E-state index is 0.804. The number of hydrogen-bond acceptors (Lipinski definition) is 0. The first-order chi connectivity index (χ1) is 5.70. The zero-order valence-corrected chi connectivity index (χ0v) is 8.51. The molecule has 0 nitrogen and oxygen atoms in total. The third-order valence-electron chi connectivity index (χ3n) is 2.05. The Morgan fingerprint density at radius 1 is 1.50 bits per heavy atom. The van der Waals surface area contributed by atoms with Crippen LogP contribution in [-0.2, 0) is 0 Å². The van der Waals surface area contributed by atoms with E-state index >= 15 is 0 Å². The Kier molecular flexibility index (Phi) is 6.45. The molecule has 0 aliphatic rings. The van der Waals surface area contributed by atoms with Gasteiger partial charge in [0, 0.05) is 0 Å². The molecule has 0 aromatic carbocycles. The molecule has 0 N–H and O–H groups in total. The monoisotopic (exact) mass is 164 g/mol. The lowest BCUT2D eigenvalue weighted by Crippen LogP contribution is -1.87. The largest absolute Gasteiger partial charge is 0.0988 e. The fourth-order valence-electron chi connectivity index (χ4n) is 0.765. The zero-order chi connectivity index (χ0) is 9.40. The van der Waals surface area contributed by atoms with Crippen molar-refractivity contribution < 1.29 is 0 Å². The second-order valence-electron chi connectivity index (χ2n) is 3.29. The lowest BCUT2D eigenvalue weighted by atomic mass is 10.1. The van der Waals surface area contributed by atoms with Crippen LogP contribution in [-0.4, -0.2) is 0 Å². The van der Waals surface area contributed by atoms with Gasteiger partial charge in [-0.05, 0) is 19.3 Å². The lowest BCUT2D eigenvalue weighted by Gasteiger charge is -2.01. The number of rotatable bonds is 5. The summed E-state index contributed by atoms with van der Waals surface area (Å²) in [5, 5.41) is 0. The summed E-state index contributed by atoms with van der Waals surface area (Å²) < 4.78 is 0. The highest BCUT2D eigenvalue weighted by Gasteiger charge is 1.92. The average molecular weight is 164 g/mol. The van der Waals surface area contributed by atoms with Gasteiger partial charge in [0.1, 0.15) is 0 Å². The molecule has 0 aliphatic carbocycles. The van der Waals surface area contributed by atoms with E-state index in [9.17, 15) is 0 Å². The predicted octanol–water partition coefficient (Wildman–Crippen LogP) is 4.11. The van der Waals surface area contributed by atoms with Crippen LogP contribution in [0, 0.1) is 5.92 Å². The van der Waals surface area contributed by atoms with Gasteiger partial charge in [-0.15, -0.1) is 0 Å². The van der Waals surface area contributed by atoms with Crippen LogP contribution in [0.15, 0.2) is 36.5 Å². The third kappa shape index (κ3) is 5.96. The third-order valence-corrected chi connectivity index (χ3v) is 2.05. The van der Waals surface area contributed by atoms with Crippen molar-refractivity contribution in [3.63, 3.8) is 0 Å². The maximum atomic E-state index is 3.69. The van der Waals surface area contributed by atoms with Gasteiger partial charge in [0.05, 0.1) is 0 Å². The Morgan fingerprint density at radius 3 is 2.67 bits per heavy atom. The van der Waals surface area contributed by atoms with E-state index in [4.69, 9.17) is 0 Å². The quantitative estimate of drug-likeness (QED) is 0.536. The molecule has 0 radical (unpaired) electrons. The molecule has 0 rings (SSSR count). The van der Waals surface area contributed by atoms with Crippen molar-refractivity contribution in [3.8, 4) is 0 Å². The van der Waals surface area contributed by atoms with Crippen molar-refractivity contribution >= 4 is 0 Å². The van der Waals surface area contributed by atoms with Gasteiger partial charge in [-0.1, -0.05) is 56.7 Å². The molecule has 0 saturated heterocycles. The standard InChI is InChI=1S/C12H20/c1-5-11(3)9-7-8-10-12(4)6-2/h5,7-9,12H,1,6,10H2,2-4H3. The van der Waals surface area contributed by atoms with Crippen LogP contribution in [0.25, 0.3) is 0 Å². The summed E-state index contributed by atoms with van der Waals surface area (Å²) in [7, 11) is 0. The van der Waals surface area contributed by atoms with E-state index < -0.39 is 0 Å². The molecule has 68 valence electrons. The second kappa shape index (κ2) is 6.90. The molecule has 0 heteroatoms. The first kappa shape index (κ1) is 11.2. The maximum Gasteiger partial charge on any atom is -0.0322 e. The fourth-order valence-corrected chi connectivity index (χ4v) is 0.765. The molecule has 0 bridgehead atoms. The first-order valence-electron chi connectivity index (χ1n) is 4.66. The second-order valence-corrected chi connectivity index (χ2v) is 3.29. The van der Waals surface area contributed by atoms with E-state index in [-0.39, 0.29) is 0 Å². The molecule has 0 saturated carbocycles. The van der Waals surface area contributed by atoms with E-state index in [1.807, 2.05) is 6.08 Å². The summed E-state index contributed by atoms with van der Waals surface area (Å²) in [6, 6.07) is 0. The van der Waals surface area contributed by atoms with Gasteiger partial charge in [-0.3, -0.25) is 0 Å². The van der Waals surface area contributed by atoms with Gasteiger partial charge in [0.25, 0.3) is 0 Å². The predicted molar refractivity (Wildman–Crippen MR) is 57.2 cm³/mol. The molecule has 1 unspecified atom stereocenters. The van der Waals surface area contributed by atoms with Crippen LogP contribution in [0.4, 0.5) is 0 Å². The Labute approximate surface area is 76.7 Å². The highest BCUT2D eigenvalue weighted by atomic mass is 14.0. The van der Waals surface area contributed by atoms with Crippen molar-refractivity contribution in [1.82, 2.24) is 0 Å². The van der Waals surface area contributed by atoms with Crippen molar-refractivity contribution in [1.29, 1.82) is 0 Å². The minimum Gasteiger partial charge on any atom is -0.0988 e. The van der Waals surface area contributed by atoms with Crippen LogP contribution < -0.4 is 0 Å². The van der Waals surface area contributed by atoms with Gasteiger partial charge in [0.2, 0.25) is 0 Å². The summed E-state index contributed by atoms with van der Waals surface area (Å²) in [6.07, 6.45) is 10.7. The highest BCUT2D eigenvalue weighted by Crippen LogP contribution is 2.06. The molecule has 1 atom stereocenters. The van der Waals surface area contributed by atoms with Gasteiger partial charge in [-0.25, -0.2) is 0 Å². The van der Waals surface area contributed by atoms with Gasteiger partial charge in [0.15, 0.2) is 0 Å². The molecule has 0 amide bonds. The van der Waals surface area contributed by atoms with Gasteiger partial charge in [-0.2, -0.15) is 0 Å². The highest BCUT2D eigenvalue weighted by molar-refractivity contribution is 5.19. The van der Waals surface area contributed by atoms with E-state index in [1.165, 1.54) is 18.4 Å². The van der Waals surface area contributed by atoms with Crippen LogP contribution in [0.3, 0.4) is 0 Å². The molecule has 0 aromatic rings. The van der Waals surface area contributed by atoms with Crippen LogP contribution in [0.1, 0.15) is 33.6 Å². The maximum absolute atomic E-state index is 3.69. The summed E-state index contributed by atoms with van der Waals surface area (Å²) in [5.74, 6) is 0.804. The smallest absolute Gasteiger partial charge is 0.0322 e. The summed E-state index contributed by atoms with van der Waals surface area (Å²) in [5.41, 5.74) is 1.22. The Bertz CT molecular complexity index is 172. The molecular formula is C12H20. The summed E-state index contributed by atoms with van der Waals surface area (Å²) in [4.78, 5) is 0. The lowest BCUT2D eigenvalue weighted by molar-refractivity contribution is 0.572. The zero-order valence-electron chi connectivity index (χ0n) is 8.51. The molecule has 0 fully saturated rings. The Balaban J connectivity index is 3.70. The summed E-state index contributed by atoms with van der Waals surface area (Å²) in [6.45, 7) is 10.2. The SMILES string of the molecule is C=CC(C)=CC=CCC(C)CC. The molecule has 0 aliphatic heterocycles. The molecule has 0 spiro atoms. The molecule has 12 heavy (non-hydrogen) atoms. The van der Waals surface area contributed by atoms with Crippen molar-refractivity contribution in [3.05, 3.63) is 36.5 Å². The van der Waals surface area contributed by atoms with Crippen LogP contribution >= 0.6 is 0 Å². The van der Waals surface area contributed by atoms with E-state index in [0.717, 1.165) is 5.92 Å². The summed E-state index contributed by atoms with van der Waals surface area (Å²) >= 11 is 0. The van der Waals surface area contributed by atoms with Crippen molar-refractivity contribution in [2.24, 2.45) is 5.92 Å². The van der Waals surface area contributed by atoms with Crippen molar-refractivity contribution in [2.45, 2.75) is 33.6 Å². The first-order valence-corrected chi connectivity index (χ1v) is 4.66. The molecule has 0 aromatic heterocycles. The van der Waals surface area contributed by atoms with Gasteiger partial charge >= 0.3 is 0 Å². The van der Waals surface area contributed by atoms with E-state index in [2.05, 4.69) is 45.6 Å². The number of allylic oxidation sites excluding steroid dienone is 5. The topological polar surface area (TPSA) is 0 Å². The minimum atomic E-state index is 0.804. The average Bonchev–Trinajstić information content (AvgIpc) is 2.11. The van der Waals surface area contributed by atoms with Gasteiger partial charge < -0.3 is 0 Å². The van der Waals surface area contributed by atoms with Crippen molar-refractivity contribution in [2.75, 3.05) is 0 Å². The fraction of sp³-hybridized carbons (Fsp3) is 0.500. The van der Waals surface area contributed by atoms with Crippen LogP contribution in [0.5, 0.6) is 0 Å². The molecular weight excluding hydrogens is 144 g/mol. The normalized spacial score (nSPS) is 15.1. The van der Waals surface area contributed by atoms with E-state index in [0.29, 0.717) is 0 Å². The Morgan fingerprint density at radius 2 is 2.17 bits per heavy atom. The van der Waals surface area contributed by atoms with Crippen LogP contribution in [0.2, 0.25) is 0 Å². The van der Waals surface area contributed by atoms with E-state index in [1.54, 1.807) is 0 Å². The molecule has 0 heterocycles. The number of hydrogen-bond donors (Lipinski definition) is 0.